The normalized spacial score (nSPS) is 12.6. The average Bonchev–Trinajstić information content (AvgIpc) is 3.72. The molecule has 6 nitrogen and oxygen atoms in total. The maximum absolute atomic E-state index is 12.6. The summed E-state index contributed by atoms with van der Waals surface area (Å²) in [6.07, 6.45) is 115. The summed E-state index contributed by atoms with van der Waals surface area (Å²) in [5, 5.41) is 23.4. The Balaban J connectivity index is 3.32. The van der Waals surface area contributed by atoms with Crippen molar-refractivity contribution in [1.82, 2.24) is 5.32 Å². The van der Waals surface area contributed by atoms with Crippen molar-refractivity contribution in [3.63, 3.8) is 0 Å². The fraction of sp³-hybridized carbons (Fsp3) is 0.912. The second-order valence-electron chi connectivity index (χ2n) is 30.9. The molecule has 0 heterocycles. The molecule has 0 aromatic heterocycles. The smallest absolute Gasteiger partial charge is 0.305 e. The molecule has 0 radical (unpaired) electrons. The fourth-order valence-electron chi connectivity index (χ4n) is 14.4. The predicted octanol–water partition coefficient (Wildman–Crippen LogP) is 30.1. The van der Waals surface area contributed by atoms with Gasteiger partial charge in [0.15, 0.2) is 0 Å². The lowest BCUT2D eigenvalue weighted by atomic mass is 10.0. The lowest BCUT2D eigenvalue weighted by molar-refractivity contribution is -0.143. The van der Waals surface area contributed by atoms with Crippen LogP contribution in [0, 0.1) is 0 Å². The summed E-state index contributed by atoms with van der Waals surface area (Å²) in [5.41, 5.74) is 0. The number of aliphatic hydroxyl groups excluding tert-OH is 2. The summed E-state index contributed by atoms with van der Waals surface area (Å²) >= 11 is 0. The van der Waals surface area contributed by atoms with E-state index in [-0.39, 0.29) is 18.5 Å². The van der Waals surface area contributed by atoms with Crippen LogP contribution in [0.5, 0.6) is 0 Å². The molecule has 6 heteroatoms. The van der Waals surface area contributed by atoms with Crippen LogP contribution < -0.4 is 5.32 Å². The molecular formula is C91H175NO5. The van der Waals surface area contributed by atoms with Crippen molar-refractivity contribution >= 4 is 11.9 Å². The number of nitrogens with one attached hydrogen (secondary N) is 1. The molecule has 0 aromatic carbocycles. The molecule has 0 saturated carbocycles. The number of hydrogen-bond donors (Lipinski definition) is 3. The molecule has 574 valence electrons. The van der Waals surface area contributed by atoms with Gasteiger partial charge in [-0.15, -0.1) is 0 Å². The van der Waals surface area contributed by atoms with Gasteiger partial charge in [0, 0.05) is 12.8 Å². The molecule has 2 unspecified atom stereocenters. The van der Waals surface area contributed by atoms with Gasteiger partial charge in [-0.2, -0.15) is 0 Å². The molecule has 97 heavy (non-hydrogen) atoms. The van der Waals surface area contributed by atoms with E-state index in [0.717, 1.165) is 51.4 Å². The zero-order valence-corrected chi connectivity index (χ0v) is 66.1. The topological polar surface area (TPSA) is 95.9 Å². The monoisotopic (exact) mass is 1360 g/mol. The van der Waals surface area contributed by atoms with Gasteiger partial charge in [-0.05, 0) is 64.2 Å². The highest BCUT2D eigenvalue weighted by Crippen LogP contribution is 2.21. The number of aliphatic hydroxyl groups is 2. The van der Waals surface area contributed by atoms with E-state index in [2.05, 4.69) is 43.5 Å². The molecule has 0 saturated heterocycles. The molecule has 0 bridgehead atoms. The third-order valence-corrected chi connectivity index (χ3v) is 21.2. The van der Waals surface area contributed by atoms with Crippen molar-refractivity contribution in [1.29, 1.82) is 0 Å². The summed E-state index contributed by atoms with van der Waals surface area (Å²) in [7, 11) is 0. The Morgan fingerprint density at radius 3 is 0.794 bits per heavy atom. The third kappa shape index (κ3) is 82.9. The highest BCUT2D eigenvalue weighted by atomic mass is 16.5. The van der Waals surface area contributed by atoms with E-state index < -0.39 is 12.1 Å². The number of unbranched alkanes of at least 4 members (excludes halogenated alkanes) is 70. The van der Waals surface area contributed by atoms with Crippen LogP contribution in [0.25, 0.3) is 0 Å². The van der Waals surface area contributed by atoms with Crippen molar-refractivity contribution < 1.29 is 24.5 Å². The van der Waals surface area contributed by atoms with Crippen LogP contribution in [0.1, 0.15) is 508 Å². The van der Waals surface area contributed by atoms with Crippen LogP contribution in [0.3, 0.4) is 0 Å². The van der Waals surface area contributed by atoms with Gasteiger partial charge >= 0.3 is 5.97 Å². The second-order valence-corrected chi connectivity index (χ2v) is 30.9. The second kappa shape index (κ2) is 86.5. The summed E-state index contributed by atoms with van der Waals surface area (Å²) in [6, 6.07) is -0.625. The summed E-state index contributed by atoms with van der Waals surface area (Å²) in [4.78, 5) is 24.7. The van der Waals surface area contributed by atoms with Gasteiger partial charge in [-0.3, -0.25) is 9.59 Å². The Morgan fingerprint density at radius 2 is 0.515 bits per heavy atom. The molecule has 3 N–H and O–H groups in total. The lowest BCUT2D eigenvalue weighted by Gasteiger charge is -2.20. The van der Waals surface area contributed by atoms with Gasteiger partial charge in [0.1, 0.15) is 0 Å². The molecule has 0 aliphatic heterocycles. The molecule has 0 spiro atoms. The van der Waals surface area contributed by atoms with Gasteiger partial charge < -0.3 is 20.3 Å². The van der Waals surface area contributed by atoms with E-state index in [4.69, 9.17) is 4.74 Å². The van der Waals surface area contributed by atoms with Gasteiger partial charge in [0.25, 0.3) is 0 Å². The first-order chi connectivity index (χ1) is 48.0. The van der Waals surface area contributed by atoms with Crippen LogP contribution in [-0.2, 0) is 14.3 Å². The minimum atomic E-state index is -0.842. The van der Waals surface area contributed by atoms with Crippen molar-refractivity contribution in [2.45, 2.75) is 520 Å². The molecule has 2 atom stereocenters. The maximum Gasteiger partial charge on any atom is 0.305 e. The lowest BCUT2D eigenvalue weighted by Crippen LogP contribution is -2.45. The van der Waals surface area contributed by atoms with Gasteiger partial charge in [-0.25, -0.2) is 0 Å². The Morgan fingerprint density at radius 1 is 0.289 bits per heavy atom. The number of ether oxygens (including phenoxy) is 1. The van der Waals surface area contributed by atoms with Crippen molar-refractivity contribution in [2.24, 2.45) is 0 Å². The average molecular weight is 1360 g/mol. The van der Waals surface area contributed by atoms with Crippen LogP contribution in [0.4, 0.5) is 0 Å². The Kier molecular flexibility index (Phi) is 84.8. The Hall–Kier alpha value is -1.92. The highest BCUT2D eigenvalue weighted by Gasteiger charge is 2.18. The summed E-state index contributed by atoms with van der Waals surface area (Å²) in [5.74, 6) is -0.0447. The number of rotatable bonds is 85. The standard InChI is InChI=1S/C91H175NO5/c1-3-5-7-9-11-13-15-17-19-21-22-23-24-40-43-46-49-52-55-59-63-67-71-75-79-83-89(94)88(87-93)92-90(95)84-80-76-72-68-64-60-56-53-50-47-44-41-38-36-34-32-30-28-26-25-27-29-31-33-35-37-39-42-45-48-51-54-58-62-66-70-74-78-82-86-97-91(96)85-81-77-73-69-65-61-57-20-18-16-14-12-10-8-6-4-2/h14,16,20,57,79,83,88-89,93-94H,3-13,15,17-19,21-56,58-78,80-82,84-87H2,1-2H3,(H,92,95)/b16-14-,57-20-,83-79+. The Bertz CT molecular complexity index is 1570. The van der Waals surface area contributed by atoms with Crippen LogP contribution in [-0.4, -0.2) is 47.4 Å². The van der Waals surface area contributed by atoms with Gasteiger partial charge in [-0.1, -0.05) is 468 Å². The highest BCUT2D eigenvalue weighted by molar-refractivity contribution is 5.76. The molecule has 0 aliphatic rings. The molecule has 0 fully saturated rings. The number of allylic oxidation sites excluding steroid dienone is 5. The summed E-state index contributed by atoms with van der Waals surface area (Å²) in [6.45, 7) is 4.94. The minimum Gasteiger partial charge on any atom is -0.466 e. The zero-order chi connectivity index (χ0) is 69.8. The molecule has 0 aliphatic carbocycles. The first kappa shape index (κ1) is 95.1. The van der Waals surface area contributed by atoms with E-state index in [1.165, 1.54) is 430 Å². The number of carbonyl (C=O) groups is 2. The van der Waals surface area contributed by atoms with Crippen molar-refractivity contribution in [3.05, 3.63) is 36.5 Å². The third-order valence-electron chi connectivity index (χ3n) is 21.2. The van der Waals surface area contributed by atoms with Crippen molar-refractivity contribution in [3.8, 4) is 0 Å². The minimum absolute atomic E-state index is 0.0113. The number of amides is 1. The van der Waals surface area contributed by atoms with Crippen LogP contribution in [0.15, 0.2) is 36.5 Å². The van der Waals surface area contributed by atoms with E-state index in [0.29, 0.717) is 19.4 Å². The largest absolute Gasteiger partial charge is 0.466 e. The predicted molar refractivity (Wildman–Crippen MR) is 430 cm³/mol. The molecule has 0 rings (SSSR count). The molecular weight excluding hydrogens is 1190 g/mol. The fourth-order valence-corrected chi connectivity index (χ4v) is 14.4. The quantitative estimate of drug-likeness (QED) is 0.0320. The maximum atomic E-state index is 12.6. The van der Waals surface area contributed by atoms with E-state index in [1.807, 2.05) is 6.08 Å². The van der Waals surface area contributed by atoms with Crippen molar-refractivity contribution in [2.75, 3.05) is 13.2 Å². The van der Waals surface area contributed by atoms with E-state index in [9.17, 15) is 19.8 Å². The van der Waals surface area contributed by atoms with Gasteiger partial charge in [0.2, 0.25) is 5.91 Å². The first-order valence-corrected chi connectivity index (χ1v) is 44.8. The number of hydrogen-bond acceptors (Lipinski definition) is 5. The van der Waals surface area contributed by atoms with E-state index in [1.54, 1.807) is 6.08 Å². The Labute approximate surface area is 608 Å². The molecule has 0 aromatic rings. The number of esters is 1. The van der Waals surface area contributed by atoms with Crippen LogP contribution >= 0.6 is 0 Å². The van der Waals surface area contributed by atoms with E-state index >= 15 is 0 Å². The zero-order valence-electron chi connectivity index (χ0n) is 66.1. The summed E-state index contributed by atoms with van der Waals surface area (Å²) < 4.78 is 5.50. The van der Waals surface area contributed by atoms with Crippen LogP contribution in [0.2, 0.25) is 0 Å². The van der Waals surface area contributed by atoms with Gasteiger partial charge in [0.05, 0.1) is 25.4 Å². The SMILES string of the molecule is CCCCCC/C=C\C/C=C\CCCCCCCC(=O)OCCCCCCCCCCCCCCCCCCCCCCCCCCCCCCCCCCCCCCCCCC(=O)NC(CO)C(O)/C=C/CCCCCCCCCCCCCCCCCCCCCCCCC. The first-order valence-electron chi connectivity index (χ1n) is 44.8. The molecule has 1 amide bonds. The number of carbonyl (C=O) groups excluding carboxylic acids is 2.